The van der Waals surface area contributed by atoms with Crippen LogP contribution in [0, 0.1) is 26.7 Å². The van der Waals surface area contributed by atoms with E-state index in [1.54, 1.807) is 0 Å². The molecule has 33 heavy (non-hydrogen) atoms. The van der Waals surface area contributed by atoms with Gasteiger partial charge in [0.25, 0.3) is 0 Å². The van der Waals surface area contributed by atoms with Crippen molar-refractivity contribution < 1.29 is 4.74 Å². The van der Waals surface area contributed by atoms with Crippen molar-refractivity contribution in [2.24, 2.45) is 5.92 Å². The highest BCUT2D eigenvalue weighted by atomic mass is 31.1. The SMILES string of the molecule is Cc1ccc(Oc2ccc(C)cc2[P@](c2ccccc2)C2CCCC2[C@@H](C)N(C)C)c(C)c1. The van der Waals surface area contributed by atoms with Crippen LogP contribution >= 0.6 is 7.92 Å². The maximum Gasteiger partial charge on any atom is 0.135 e. The summed E-state index contributed by atoms with van der Waals surface area (Å²) in [4.78, 5) is 2.41. The Morgan fingerprint density at radius 2 is 1.52 bits per heavy atom. The van der Waals surface area contributed by atoms with E-state index in [1.807, 2.05) is 0 Å². The average Bonchev–Trinajstić information content (AvgIpc) is 3.26. The van der Waals surface area contributed by atoms with Crippen molar-refractivity contribution in [3.05, 3.63) is 83.4 Å². The summed E-state index contributed by atoms with van der Waals surface area (Å²) in [5, 5.41) is 2.85. The van der Waals surface area contributed by atoms with E-state index in [1.165, 1.54) is 46.6 Å². The Bertz CT molecular complexity index is 1080. The molecule has 0 heterocycles. The van der Waals surface area contributed by atoms with Gasteiger partial charge in [-0.1, -0.05) is 66.1 Å². The standard InChI is InChI=1S/C30H38NOP/c1-21-15-17-27(23(3)19-21)32-28-18-16-22(2)20-30(28)33(25-11-8-7-9-12-25)29-14-10-13-26(29)24(4)31(5)6/h7-9,11-12,15-20,24,26,29H,10,13-14H2,1-6H3/t24-,26?,29?,33-/m1/s1. The predicted octanol–water partition coefficient (Wildman–Crippen LogP) is 6.96. The van der Waals surface area contributed by atoms with E-state index in [0.717, 1.165) is 11.5 Å². The molecule has 0 N–H and O–H groups in total. The second-order valence-electron chi connectivity index (χ2n) is 9.91. The highest BCUT2D eigenvalue weighted by molar-refractivity contribution is 7.73. The van der Waals surface area contributed by atoms with Gasteiger partial charge in [0.15, 0.2) is 0 Å². The first-order valence-electron chi connectivity index (χ1n) is 12.2. The fraction of sp³-hybridized carbons (Fsp3) is 0.400. The van der Waals surface area contributed by atoms with E-state index in [0.29, 0.717) is 17.6 Å². The third-order valence-corrected chi connectivity index (χ3v) is 10.3. The smallest absolute Gasteiger partial charge is 0.135 e. The molecule has 1 aliphatic carbocycles. The number of nitrogens with zero attached hydrogens (tertiary/aromatic N) is 1. The first kappa shape index (κ1) is 24.0. The molecule has 1 aliphatic rings. The van der Waals surface area contributed by atoms with Crippen LogP contribution in [0.1, 0.15) is 42.9 Å². The van der Waals surface area contributed by atoms with Crippen molar-refractivity contribution in [2.45, 2.75) is 58.7 Å². The zero-order chi connectivity index (χ0) is 23.5. The number of rotatable bonds is 7. The van der Waals surface area contributed by atoms with Gasteiger partial charge < -0.3 is 9.64 Å². The normalized spacial score (nSPS) is 20.1. The lowest BCUT2D eigenvalue weighted by Gasteiger charge is -2.36. The molecule has 0 aromatic heterocycles. The van der Waals surface area contributed by atoms with Crippen molar-refractivity contribution in [3.8, 4) is 11.5 Å². The zero-order valence-electron chi connectivity index (χ0n) is 21.0. The number of ether oxygens (including phenoxy) is 1. The van der Waals surface area contributed by atoms with Gasteiger partial charge in [-0.25, -0.2) is 0 Å². The largest absolute Gasteiger partial charge is 0.456 e. The fourth-order valence-corrected chi connectivity index (χ4v) is 8.70. The number of benzene rings is 3. The first-order valence-corrected chi connectivity index (χ1v) is 13.6. The van der Waals surface area contributed by atoms with Crippen LogP contribution in [0.25, 0.3) is 0 Å². The minimum Gasteiger partial charge on any atom is -0.456 e. The van der Waals surface area contributed by atoms with E-state index in [-0.39, 0.29) is 0 Å². The molecule has 2 unspecified atom stereocenters. The van der Waals surface area contributed by atoms with Gasteiger partial charge in [0.1, 0.15) is 11.5 Å². The second-order valence-corrected chi connectivity index (χ2v) is 12.3. The Morgan fingerprint density at radius 1 is 0.848 bits per heavy atom. The second kappa shape index (κ2) is 10.4. The summed E-state index contributed by atoms with van der Waals surface area (Å²) < 4.78 is 6.66. The van der Waals surface area contributed by atoms with Crippen molar-refractivity contribution in [1.82, 2.24) is 4.90 Å². The van der Waals surface area contributed by atoms with Crippen LogP contribution in [0.2, 0.25) is 0 Å². The minimum absolute atomic E-state index is 0.549. The molecule has 0 spiro atoms. The molecule has 174 valence electrons. The summed E-state index contributed by atoms with van der Waals surface area (Å²) in [6.45, 7) is 8.89. The molecule has 3 aromatic carbocycles. The Labute approximate surface area is 201 Å². The minimum atomic E-state index is -0.549. The summed E-state index contributed by atoms with van der Waals surface area (Å²) in [7, 11) is 3.91. The average molecular weight is 460 g/mol. The highest BCUT2D eigenvalue weighted by Gasteiger charge is 2.39. The summed E-state index contributed by atoms with van der Waals surface area (Å²) >= 11 is 0. The molecule has 1 saturated carbocycles. The highest BCUT2D eigenvalue weighted by Crippen LogP contribution is 2.53. The summed E-state index contributed by atoms with van der Waals surface area (Å²) in [5.74, 6) is 2.67. The number of aryl methyl sites for hydroxylation is 3. The van der Waals surface area contributed by atoms with Gasteiger partial charge in [0.05, 0.1) is 0 Å². The Morgan fingerprint density at radius 3 is 2.18 bits per heavy atom. The van der Waals surface area contributed by atoms with Crippen molar-refractivity contribution in [1.29, 1.82) is 0 Å². The molecule has 3 aromatic rings. The topological polar surface area (TPSA) is 12.5 Å². The molecule has 4 rings (SSSR count). The maximum absolute atomic E-state index is 6.66. The fourth-order valence-electron chi connectivity index (χ4n) is 5.27. The summed E-state index contributed by atoms with van der Waals surface area (Å²) in [6.07, 6.45) is 3.92. The van der Waals surface area contributed by atoms with Gasteiger partial charge >= 0.3 is 0 Å². The number of hydrogen-bond donors (Lipinski definition) is 0. The van der Waals surface area contributed by atoms with E-state index < -0.39 is 7.92 Å². The predicted molar refractivity (Wildman–Crippen MR) is 144 cm³/mol. The Kier molecular flexibility index (Phi) is 7.57. The Balaban J connectivity index is 1.82. The lowest BCUT2D eigenvalue weighted by molar-refractivity contribution is 0.232. The lowest BCUT2D eigenvalue weighted by Crippen LogP contribution is -2.38. The molecule has 0 radical (unpaired) electrons. The van der Waals surface area contributed by atoms with Crippen molar-refractivity contribution in [2.75, 3.05) is 14.1 Å². The van der Waals surface area contributed by atoms with Crippen LogP contribution in [0.15, 0.2) is 66.7 Å². The van der Waals surface area contributed by atoms with Gasteiger partial charge in [-0.05, 0) is 103 Å². The molecule has 0 amide bonds. The molecular weight excluding hydrogens is 421 g/mol. The molecule has 0 bridgehead atoms. The van der Waals surface area contributed by atoms with Crippen LogP contribution in [0.5, 0.6) is 11.5 Å². The van der Waals surface area contributed by atoms with Crippen molar-refractivity contribution >= 4 is 18.5 Å². The third-order valence-electron chi connectivity index (χ3n) is 7.26. The molecule has 3 heteroatoms. The van der Waals surface area contributed by atoms with E-state index in [2.05, 4.69) is 113 Å². The van der Waals surface area contributed by atoms with E-state index in [9.17, 15) is 0 Å². The van der Waals surface area contributed by atoms with Gasteiger partial charge in [0.2, 0.25) is 0 Å². The van der Waals surface area contributed by atoms with E-state index >= 15 is 0 Å². The van der Waals surface area contributed by atoms with Crippen LogP contribution < -0.4 is 15.3 Å². The lowest BCUT2D eigenvalue weighted by atomic mass is 9.98. The van der Waals surface area contributed by atoms with Gasteiger partial charge in [0, 0.05) is 11.3 Å². The molecule has 1 fully saturated rings. The Hall–Kier alpha value is -2.15. The molecule has 2 nitrogen and oxygen atoms in total. The van der Waals surface area contributed by atoms with Crippen LogP contribution in [0.4, 0.5) is 0 Å². The third kappa shape index (κ3) is 5.34. The summed E-state index contributed by atoms with van der Waals surface area (Å²) in [5.41, 5.74) is 4.41. The monoisotopic (exact) mass is 459 g/mol. The van der Waals surface area contributed by atoms with Crippen LogP contribution in [-0.4, -0.2) is 30.7 Å². The van der Waals surface area contributed by atoms with Crippen LogP contribution in [-0.2, 0) is 0 Å². The van der Waals surface area contributed by atoms with Gasteiger partial charge in [-0.15, -0.1) is 0 Å². The van der Waals surface area contributed by atoms with Crippen molar-refractivity contribution in [3.63, 3.8) is 0 Å². The van der Waals surface area contributed by atoms with E-state index in [4.69, 9.17) is 4.74 Å². The summed E-state index contributed by atoms with van der Waals surface area (Å²) in [6, 6.07) is 25.0. The maximum atomic E-state index is 6.66. The molecule has 0 saturated heterocycles. The quantitative estimate of drug-likeness (QED) is 0.354. The molecule has 0 aliphatic heterocycles. The first-order chi connectivity index (χ1) is 15.8. The number of hydrogen-bond acceptors (Lipinski definition) is 2. The molecular formula is C30H38NOP. The van der Waals surface area contributed by atoms with Crippen LogP contribution in [0.3, 0.4) is 0 Å². The van der Waals surface area contributed by atoms with Gasteiger partial charge in [-0.2, -0.15) is 0 Å². The zero-order valence-corrected chi connectivity index (χ0v) is 21.9. The molecule has 4 atom stereocenters. The van der Waals surface area contributed by atoms with Gasteiger partial charge in [-0.3, -0.25) is 0 Å².